The Labute approximate surface area is 147 Å². The minimum absolute atomic E-state index is 0.257. The molecule has 2 rings (SSSR count). The molecule has 134 valence electrons. The van der Waals surface area contributed by atoms with E-state index in [1.165, 1.54) is 6.07 Å². The zero-order valence-electron chi connectivity index (χ0n) is 14.4. The summed E-state index contributed by atoms with van der Waals surface area (Å²) in [4.78, 5) is 15.8. The standard InChI is InChI=1S/C17H25ClFN3O2/c1-17(2,3)24-16(23)22-9-7-21(8-10-22)14(11-20)15-12(18)5-4-6-13(15)19/h4-6,14H,7-11,20H2,1-3H3. The van der Waals surface area contributed by atoms with Gasteiger partial charge in [-0.1, -0.05) is 17.7 Å². The Morgan fingerprint density at radius 2 is 1.96 bits per heavy atom. The summed E-state index contributed by atoms with van der Waals surface area (Å²) < 4.78 is 19.6. The van der Waals surface area contributed by atoms with Crippen LogP contribution in [0.2, 0.25) is 5.02 Å². The van der Waals surface area contributed by atoms with Crippen molar-refractivity contribution in [2.24, 2.45) is 5.73 Å². The van der Waals surface area contributed by atoms with E-state index < -0.39 is 5.60 Å². The normalized spacial score (nSPS) is 17.7. The monoisotopic (exact) mass is 357 g/mol. The molecule has 0 saturated carbocycles. The van der Waals surface area contributed by atoms with Gasteiger partial charge in [0.2, 0.25) is 0 Å². The molecule has 1 aliphatic rings. The largest absolute Gasteiger partial charge is 0.444 e. The van der Waals surface area contributed by atoms with Gasteiger partial charge in [0.15, 0.2) is 0 Å². The number of hydrogen-bond donors (Lipinski definition) is 1. The summed E-state index contributed by atoms with van der Waals surface area (Å²) in [7, 11) is 0. The minimum Gasteiger partial charge on any atom is -0.444 e. The number of nitrogens with zero attached hydrogens (tertiary/aromatic N) is 2. The third-order valence-corrected chi connectivity index (χ3v) is 4.29. The summed E-state index contributed by atoms with van der Waals surface area (Å²) in [6, 6.07) is 4.33. The van der Waals surface area contributed by atoms with E-state index in [9.17, 15) is 9.18 Å². The third kappa shape index (κ3) is 4.59. The topological polar surface area (TPSA) is 58.8 Å². The van der Waals surface area contributed by atoms with Crippen LogP contribution in [0, 0.1) is 5.82 Å². The van der Waals surface area contributed by atoms with Crippen molar-refractivity contribution in [3.8, 4) is 0 Å². The Hall–Kier alpha value is -1.37. The van der Waals surface area contributed by atoms with Gasteiger partial charge in [0.05, 0.1) is 6.04 Å². The fourth-order valence-corrected chi connectivity index (χ4v) is 3.11. The van der Waals surface area contributed by atoms with E-state index in [1.807, 2.05) is 20.8 Å². The molecule has 0 aromatic heterocycles. The highest BCUT2D eigenvalue weighted by atomic mass is 35.5. The SMILES string of the molecule is CC(C)(C)OC(=O)N1CCN(C(CN)c2c(F)cccc2Cl)CC1. The Morgan fingerprint density at radius 1 is 1.33 bits per heavy atom. The van der Waals surface area contributed by atoms with Crippen LogP contribution in [0.1, 0.15) is 32.4 Å². The van der Waals surface area contributed by atoms with Crippen molar-refractivity contribution >= 4 is 17.7 Å². The summed E-state index contributed by atoms with van der Waals surface area (Å²) in [6.45, 7) is 7.98. The highest BCUT2D eigenvalue weighted by Crippen LogP contribution is 2.30. The van der Waals surface area contributed by atoms with E-state index in [0.717, 1.165) is 0 Å². The number of carbonyl (C=O) groups is 1. The summed E-state index contributed by atoms with van der Waals surface area (Å²) >= 11 is 6.17. The Bertz CT molecular complexity index is 563. The van der Waals surface area contributed by atoms with E-state index in [-0.39, 0.29) is 24.5 Å². The number of ether oxygens (including phenoxy) is 1. The van der Waals surface area contributed by atoms with Crippen LogP contribution in [-0.2, 0) is 4.74 Å². The fraction of sp³-hybridized carbons (Fsp3) is 0.588. The Kier molecular flexibility index (Phi) is 6.06. The molecule has 1 saturated heterocycles. The van der Waals surface area contributed by atoms with Gasteiger partial charge >= 0.3 is 6.09 Å². The van der Waals surface area contributed by atoms with Crippen LogP contribution in [0.5, 0.6) is 0 Å². The number of rotatable bonds is 3. The molecular formula is C17H25ClFN3O2. The molecule has 5 nitrogen and oxygen atoms in total. The maximum atomic E-state index is 14.2. The molecule has 0 bridgehead atoms. The van der Waals surface area contributed by atoms with E-state index in [1.54, 1.807) is 17.0 Å². The molecule has 1 atom stereocenters. The summed E-state index contributed by atoms with van der Waals surface area (Å²) in [5.74, 6) is -0.354. The summed E-state index contributed by atoms with van der Waals surface area (Å²) in [5, 5.41) is 0.375. The van der Waals surface area contributed by atoms with Gasteiger partial charge in [-0.3, -0.25) is 4.90 Å². The summed E-state index contributed by atoms with van der Waals surface area (Å²) in [5.41, 5.74) is 5.78. The van der Waals surface area contributed by atoms with Gasteiger partial charge < -0.3 is 15.4 Å². The molecule has 1 aliphatic heterocycles. The lowest BCUT2D eigenvalue weighted by molar-refractivity contribution is 0.0104. The van der Waals surface area contributed by atoms with Crippen molar-refractivity contribution in [2.75, 3.05) is 32.7 Å². The number of carbonyl (C=O) groups excluding carboxylic acids is 1. The molecule has 1 amide bonds. The molecule has 1 heterocycles. The highest BCUT2D eigenvalue weighted by molar-refractivity contribution is 6.31. The van der Waals surface area contributed by atoms with E-state index in [4.69, 9.17) is 22.1 Å². The first-order valence-electron chi connectivity index (χ1n) is 8.09. The molecular weight excluding hydrogens is 333 g/mol. The maximum Gasteiger partial charge on any atom is 0.410 e. The van der Waals surface area contributed by atoms with Crippen LogP contribution < -0.4 is 5.73 Å². The predicted molar refractivity (Wildman–Crippen MR) is 92.6 cm³/mol. The second kappa shape index (κ2) is 7.68. The van der Waals surface area contributed by atoms with Crippen LogP contribution in [-0.4, -0.2) is 54.2 Å². The lowest BCUT2D eigenvalue weighted by atomic mass is 10.0. The number of halogens is 2. The molecule has 1 unspecified atom stereocenters. The predicted octanol–water partition coefficient (Wildman–Crippen LogP) is 3.03. The average molecular weight is 358 g/mol. The first-order chi connectivity index (χ1) is 11.2. The van der Waals surface area contributed by atoms with Crippen LogP contribution in [0.4, 0.5) is 9.18 Å². The number of benzene rings is 1. The molecule has 2 N–H and O–H groups in total. The summed E-state index contributed by atoms with van der Waals surface area (Å²) in [6.07, 6.45) is -0.324. The Morgan fingerprint density at radius 3 is 2.46 bits per heavy atom. The molecule has 0 aliphatic carbocycles. The van der Waals surface area contributed by atoms with Gasteiger partial charge in [-0.15, -0.1) is 0 Å². The molecule has 7 heteroatoms. The van der Waals surface area contributed by atoms with Crippen molar-refractivity contribution in [1.82, 2.24) is 9.80 Å². The van der Waals surface area contributed by atoms with Crippen molar-refractivity contribution in [3.63, 3.8) is 0 Å². The lowest BCUT2D eigenvalue weighted by Gasteiger charge is -2.39. The van der Waals surface area contributed by atoms with Crippen LogP contribution in [0.15, 0.2) is 18.2 Å². The fourth-order valence-electron chi connectivity index (χ4n) is 2.82. The van der Waals surface area contributed by atoms with Crippen molar-refractivity contribution < 1.29 is 13.9 Å². The molecule has 0 radical (unpaired) electrons. The van der Waals surface area contributed by atoms with E-state index in [2.05, 4.69) is 4.90 Å². The first kappa shape index (κ1) is 19.0. The second-order valence-corrected chi connectivity index (χ2v) is 7.30. The van der Waals surface area contributed by atoms with E-state index in [0.29, 0.717) is 36.8 Å². The second-order valence-electron chi connectivity index (χ2n) is 6.89. The average Bonchev–Trinajstić information content (AvgIpc) is 2.49. The zero-order chi connectivity index (χ0) is 17.9. The number of amides is 1. The van der Waals surface area contributed by atoms with Crippen LogP contribution in [0.25, 0.3) is 0 Å². The van der Waals surface area contributed by atoms with E-state index >= 15 is 0 Å². The molecule has 0 spiro atoms. The van der Waals surface area contributed by atoms with Crippen molar-refractivity contribution in [3.05, 3.63) is 34.6 Å². The number of hydrogen-bond acceptors (Lipinski definition) is 4. The van der Waals surface area contributed by atoms with Crippen LogP contribution in [0.3, 0.4) is 0 Å². The van der Waals surface area contributed by atoms with Gasteiger partial charge in [0, 0.05) is 43.3 Å². The van der Waals surface area contributed by atoms with Gasteiger partial charge in [-0.2, -0.15) is 0 Å². The van der Waals surface area contributed by atoms with Crippen molar-refractivity contribution in [2.45, 2.75) is 32.4 Å². The van der Waals surface area contributed by atoms with Crippen molar-refractivity contribution in [1.29, 1.82) is 0 Å². The zero-order valence-corrected chi connectivity index (χ0v) is 15.1. The van der Waals surface area contributed by atoms with Gasteiger partial charge in [0.25, 0.3) is 0 Å². The lowest BCUT2D eigenvalue weighted by Crippen LogP contribution is -2.51. The van der Waals surface area contributed by atoms with Gasteiger partial charge in [-0.25, -0.2) is 9.18 Å². The smallest absolute Gasteiger partial charge is 0.410 e. The highest BCUT2D eigenvalue weighted by Gasteiger charge is 2.30. The third-order valence-electron chi connectivity index (χ3n) is 3.96. The Balaban J connectivity index is 2.04. The quantitative estimate of drug-likeness (QED) is 0.903. The molecule has 1 aromatic rings. The van der Waals surface area contributed by atoms with Gasteiger partial charge in [-0.05, 0) is 32.9 Å². The maximum absolute atomic E-state index is 14.2. The molecule has 24 heavy (non-hydrogen) atoms. The minimum atomic E-state index is -0.519. The van der Waals surface area contributed by atoms with Crippen LogP contribution >= 0.6 is 11.6 Å². The number of piperazine rings is 1. The van der Waals surface area contributed by atoms with Gasteiger partial charge in [0.1, 0.15) is 11.4 Å². The molecule has 1 aromatic carbocycles. The first-order valence-corrected chi connectivity index (χ1v) is 8.46. The number of nitrogens with two attached hydrogens (primary N) is 1. The molecule has 1 fully saturated rings.